The molecule has 0 aromatic heterocycles. The lowest BCUT2D eigenvalue weighted by Gasteiger charge is -2.32. The molecule has 1 aromatic rings. The third-order valence-corrected chi connectivity index (χ3v) is 3.92. The van der Waals surface area contributed by atoms with Gasteiger partial charge in [-0.25, -0.2) is 8.78 Å². The molecule has 0 bridgehead atoms. The summed E-state index contributed by atoms with van der Waals surface area (Å²) in [4.78, 5) is 0. The first kappa shape index (κ1) is 15.7. The molecule has 112 valence electrons. The Morgan fingerprint density at radius 1 is 1.24 bits per heavy atom. The number of halogens is 2. The fourth-order valence-corrected chi connectivity index (χ4v) is 2.00. The molecule has 0 radical (unpaired) electrons. The minimum absolute atomic E-state index is 0.162. The van der Waals surface area contributed by atoms with Crippen molar-refractivity contribution in [3.05, 3.63) is 23.5 Å². The van der Waals surface area contributed by atoms with Gasteiger partial charge in [-0.2, -0.15) is 5.26 Å². The van der Waals surface area contributed by atoms with Gasteiger partial charge in [0, 0.05) is 0 Å². The average molecular weight is 295 g/mol. The minimum Gasteiger partial charge on any atom is -0.461 e. The van der Waals surface area contributed by atoms with E-state index in [-0.39, 0.29) is 11.3 Å². The molecular formula is C14H16BF2NO3. The maximum Gasteiger partial charge on any atom is 0.495 e. The number of nitriles is 1. The molecule has 0 aliphatic carbocycles. The molecule has 0 unspecified atom stereocenters. The molecule has 1 fully saturated rings. The lowest BCUT2D eigenvalue weighted by Crippen LogP contribution is -2.41. The van der Waals surface area contributed by atoms with Crippen LogP contribution in [0.15, 0.2) is 12.1 Å². The quantitative estimate of drug-likeness (QED) is 0.803. The van der Waals surface area contributed by atoms with E-state index in [2.05, 4.69) is 4.74 Å². The van der Waals surface area contributed by atoms with Gasteiger partial charge in [-0.1, -0.05) is 0 Å². The maximum absolute atomic E-state index is 13.9. The molecule has 21 heavy (non-hydrogen) atoms. The van der Waals surface area contributed by atoms with E-state index < -0.39 is 31.0 Å². The van der Waals surface area contributed by atoms with Crippen LogP contribution < -0.4 is 10.2 Å². The van der Waals surface area contributed by atoms with Crippen molar-refractivity contribution >= 4 is 12.6 Å². The van der Waals surface area contributed by atoms with E-state index in [1.54, 1.807) is 6.07 Å². The van der Waals surface area contributed by atoms with Crippen LogP contribution in [0.1, 0.15) is 33.3 Å². The summed E-state index contributed by atoms with van der Waals surface area (Å²) < 4.78 is 42.6. The van der Waals surface area contributed by atoms with Gasteiger partial charge in [0.1, 0.15) is 23.2 Å². The molecule has 1 saturated heterocycles. The van der Waals surface area contributed by atoms with Crippen molar-refractivity contribution < 1.29 is 22.8 Å². The molecular weight excluding hydrogens is 279 g/mol. The Hall–Kier alpha value is -1.65. The highest BCUT2D eigenvalue weighted by atomic mass is 19.1. The first-order valence-electron chi connectivity index (χ1n) is 6.50. The summed E-state index contributed by atoms with van der Waals surface area (Å²) >= 11 is 0. The average Bonchev–Trinajstić information content (AvgIpc) is 2.58. The zero-order chi connectivity index (χ0) is 15.8. The predicted octanol–water partition coefficient (Wildman–Crippen LogP) is 2.30. The second-order valence-corrected chi connectivity index (χ2v) is 5.83. The second kappa shape index (κ2) is 5.28. The Labute approximate surface area is 122 Å². The largest absolute Gasteiger partial charge is 0.495 e. The topological polar surface area (TPSA) is 51.5 Å². The fraction of sp³-hybridized carbons (Fsp3) is 0.500. The number of hydrogen-bond acceptors (Lipinski definition) is 4. The summed E-state index contributed by atoms with van der Waals surface area (Å²) in [5.74, 6) is -0.960. The number of alkyl halides is 1. The minimum atomic E-state index is -1.15. The maximum atomic E-state index is 13.9. The first-order chi connectivity index (χ1) is 9.71. The van der Waals surface area contributed by atoms with E-state index in [0.29, 0.717) is 5.46 Å². The van der Waals surface area contributed by atoms with E-state index in [1.807, 2.05) is 27.7 Å². The molecule has 0 atom stereocenters. The summed E-state index contributed by atoms with van der Waals surface area (Å²) in [7, 11) is -0.806. The van der Waals surface area contributed by atoms with Gasteiger partial charge < -0.3 is 14.0 Å². The lowest BCUT2D eigenvalue weighted by atomic mass is 9.78. The van der Waals surface area contributed by atoms with Gasteiger partial charge in [-0.15, -0.1) is 0 Å². The smallest absolute Gasteiger partial charge is 0.461 e. The van der Waals surface area contributed by atoms with Crippen LogP contribution in [0.4, 0.5) is 8.78 Å². The number of rotatable bonds is 3. The molecule has 1 aromatic carbocycles. The van der Waals surface area contributed by atoms with Crippen LogP contribution in [-0.4, -0.2) is 25.2 Å². The van der Waals surface area contributed by atoms with Crippen molar-refractivity contribution in [3.8, 4) is 11.8 Å². The molecule has 4 nitrogen and oxygen atoms in total. The van der Waals surface area contributed by atoms with Crippen LogP contribution in [0.25, 0.3) is 0 Å². The van der Waals surface area contributed by atoms with Gasteiger partial charge in [0.05, 0.1) is 11.2 Å². The Kier molecular flexibility index (Phi) is 3.96. The van der Waals surface area contributed by atoms with Crippen LogP contribution in [0.5, 0.6) is 5.75 Å². The monoisotopic (exact) mass is 295 g/mol. The normalized spacial score (nSPS) is 19.4. The Balaban J connectivity index is 2.41. The lowest BCUT2D eigenvalue weighted by molar-refractivity contribution is 0.00578. The van der Waals surface area contributed by atoms with Gasteiger partial charge in [0.25, 0.3) is 0 Å². The third-order valence-electron chi connectivity index (χ3n) is 3.92. The molecule has 0 saturated carbocycles. The van der Waals surface area contributed by atoms with Crippen molar-refractivity contribution in [2.45, 2.75) is 38.9 Å². The molecule has 1 aliphatic heterocycles. The Bertz CT molecular complexity index is 583. The number of nitrogens with zero attached hydrogens (tertiary/aromatic N) is 1. The first-order valence-corrected chi connectivity index (χ1v) is 6.50. The summed E-state index contributed by atoms with van der Waals surface area (Å²) in [6.45, 7) is 6.32. The highest BCUT2D eigenvalue weighted by molar-refractivity contribution is 6.62. The van der Waals surface area contributed by atoms with Gasteiger partial charge in [0.15, 0.2) is 0 Å². The van der Waals surface area contributed by atoms with Gasteiger partial charge in [-0.05, 0) is 45.3 Å². The summed E-state index contributed by atoms with van der Waals surface area (Å²) in [5, 5.41) is 8.89. The van der Waals surface area contributed by atoms with Crippen molar-refractivity contribution in [2.75, 3.05) is 6.86 Å². The van der Waals surface area contributed by atoms with E-state index in [9.17, 15) is 8.78 Å². The number of ether oxygens (including phenoxy) is 1. The Morgan fingerprint density at radius 3 is 2.29 bits per heavy atom. The molecule has 1 aliphatic rings. The number of hydrogen-bond donors (Lipinski definition) is 0. The summed E-state index contributed by atoms with van der Waals surface area (Å²) in [6, 6.07) is 4.16. The highest BCUT2D eigenvalue weighted by Crippen LogP contribution is 2.36. The van der Waals surface area contributed by atoms with E-state index in [1.165, 1.54) is 6.07 Å². The molecule has 1 heterocycles. The van der Waals surface area contributed by atoms with Crippen molar-refractivity contribution in [1.29, 1.82) is 5.26 Å². The van der Waals surface area contributed by atoms with Crippen LogP contribution in [0.3, 0.4) is 0 Å². The standard InChI is InChI=1S/C14H16BF2NO3/c1-13(2)14(3,4)21-15(20-13)9-5-11(17)10(7-18)12(6-9)19-8-16/h5-6H,8H2,1-4H3. The molecule has 7 heteroatoms. The van der Waals surface area contributed by atoms with E-state index in [0.717, 1.165) is 6.07 Å². The highest BCUT2D eigenvalue weighted by Gasteiger charge is 2.52. The van der Waals surface area contributed by atoms with Crippen molar-refractivity contribution in [3.63, 3.8) is 0 Å². The van der Waals surface area contributed by atoms with Crippen molar-refractivity contribution in [2.24, 2.45) is 0 Å². The second-order valence-electron chi connectivity index (χ2n) is 5.83. The molecule has 2 rings (SSSR count). The van der Waals surface area contributed by atoms with Crippen LogP contribution in [0.2, 0.25) is 0 Å². The van der Waals surface area contributed by atoms with Gasteiger partial charge in [0.2, 0.25) is 6.86 Å². The number of benzene rings is 1. The van der Waals surface area contributed by atoms with Crippen molar-refractivity contribution in [1.82, 2.24) is 0 Å². The Morgan fingerprint density at radius 2 is 1.81 bits per heavy atom. The van der Waals surface area contributed by atoms with Gasteiger partial charge in [-0.3, -0.25) is 0 Å². The third kappa shape index (κ3) is 2.74. The van der Waals surface area contributed by atoms with Gasteiger partial charge >= 0.3 is 7.12 Å². The van der Waals surface area contributed by atoms with Crippen LogP contribution >= 0.6 is 0 Å². The predicted molar refractivity (Wildman–Crippen MR) is 73.4 cm³/mol. The summed E-state index contributed by atoms with van der Waals surface area (Å²) in [5.41, 5.74) is -1.16. The SMILES string of the molecule is CC1(C)OB(c2cc(F)c(C#N)c(OCF)c2)OC1(C)C. The zero-order valence-electron chi connectivity index (χ0n) is 12.4. The molecule has 0 spiro atoms. The zero-order valence-corrected chi connectivity index (χ0v) is 12.4. The van der Waals surface area contributed by atoms with E-state index >= 15 is 0 Å². The molecule has 0 amide bonds. The van der Waals surface area contributed by atoms with E-state index in [4.69, 9.17) is 14.6 Å². The fourth-order valence-electron chi connectivity index (χ4n) is 2.00. The van der Waals surface area contributed by atoms with Crippen LogP contribution in [-0.2, 0) is 9.31 Å². The molecule has 0 N–H and O–H groups in total. The summed E-state index contributed by atoms with van der Waals surface area (Å²) in [6.07, 6.45) is 0. The van der Waals surface area contributed by atoms with Crippen LogP contribution in [0, 0.1) is 17.1 Å².